The monoisotopic (exact) mass is 296 g/mol. The van der Waals surface area contributed by atoms with Gasteiger partial charge < -0.3 is 10.1 Å². The van der Waals surface area contributed by atoms with E-state index in [0.29, 0.717) is 13.2 Å². The topological polar surface area (TPSA) is 51.2 Å². The second kappa shape index (κ2) is 5.82. The van der Waals surface area contributed by atoms with Crippen LogP contribution in [0.4, 0.5) is 0 Å². The zero-order valence-electron chi connectivity index (χ0n) is 12.8. The summed E-state index contributed by atoms with van der Waals surface area (Å²) >= 11 is 1.61. The summed E-state index contributed by atoms with van der Waals surface area (Å²) in [6.07, 6.45) is 2.97. The molecule has 1 saturated carbocycles. The summed E-state index contributed by atoms with van der Waals surface area (Å²) in [5, 5.41) is 6.07. The van der Waals surface area contributed by atoms with Crippen LogP contribution in [-0.2, 0) is 21.5 Å². The Bertz CT molecular complexity index is 472. The number of carbonyl (C=O) groups excluding carboxylic acids is 1. The van der Waals surface area contributed by atoms with Gasteiger partial charge in [-0.15, -0.1) is 11.3 Å². The summed E-state index contributed by atoms with van der Waals surface area (Å²) in [6.45, 7) is 7.47. The standard InChI is InChI=1S/C15H24N2O2S/c1-14(2,3)11-9-20-12(17-11)8-16-13(18)15(10-19-4)6-5-7-15/h9H,5-8,10H2,1-4H3,(H,16,18). The van der Waals surface area contributed by atoms with Crippen LogP contribution in [-0.4, -0.2) is 24.6 Å². The van der Waals surface area contributed by atoms with Crippen molar-refractivity contribution in [2.45, 2.75) is 52.0 Å². The van der Waals surface area contributed by atoms with Crippen LogP contribution in [0.1, 0.15) is 50.7 Å². The Morgan fingerprint density at radius 2 is 2.20 bits per heavy atom. The van der Waals surface area contributed by atoms with Gasteiger partial charge in [0.05, 0.1) is 24.3 Å². The Morgan fingerprint density at radius 1 is 1.50 bits per heavy atom. The lowest BCUT2D eigenvalue weighted by atomic mass is 9.68. The minimum absolute atomic E-state index is 0.0595. The number of ether oxygens (including phenoxy) is 1. The number of amides is 1. The maximum atomic E-state index is 12.3. The molecule has 1 fully saturated rings. The van der Waals surface area contributed by atoms with Gasteiger partial charge in [-0.2, -0.15) is 0 Å². The molecule has 0 aromatic carbocycles. The van der Waals surface area contributed by atoms with Crippen molar-refractivity contribution >= 4 is 17.2 Å². The maximum absolute atomic E-state index is 12.3. The molecule has 1 aliphatic rings. The second-order valence-electron chi connectivity index (χ2n) is 6.63. The highest BCUT2D eigenvalue weighted by Crippen LogP contribution is 2.41. The summed E-state index contributed by atoms with van der Waals surface area (Å²) in [7, 11) is 1.66. The van der Waals surface area contributed by atoms with E-state index in [2.05, 4.69) is 36.5 Å². The highest BCUT2D eigenvalue weighted by molar-refractivity contribution is 7.09. The molecule has 2 rings (SSSR count). The van der Waals surface area contributed by atoms with E-state index >= 15 is 0 Å². The SMILES string of the molecule is COCC1(C(=O)NCc2nc(C(C)(C)C)cs2)CCC1. The van der Waals surface area contributed by atoms with Crippen molar-refractivity contribution in [2.75, 3.05) is 13.7 Å². The zero-order valence-corrected chi connectivity index (χ0v) is 13.6. The number of rotatable bonds is 5. The third-order valence-electron chi connectivity index (χ3n) is 3.93. The number of thiazole rings is 1. The Morgan fingerprint density at radius 3 is 2.65 bits per heavy atom. The lowest BCUT2D eigenvalue weighted by Crippen LogP contribution is -2.48. The molecule has 0 radical (unpaired) electrons. The molecule has 1 aliphatic carbocycles. The van der Waals surface area contributed by atoms with Gasteiger partial charge in [0.1, 0.15) is 5.01 Å². The Balaban J connectivity index is 1.92. The van der Waals surface area contributed by atoms with Gasteiger partial charge in [0.2, 0.25) is 5.91 Å². The minimum Gasteiger partial charge on any atom is -0.384 e. The number of carbonyl (C=O) groups is 1. The molecule has 0 atom stereocenters. The van der Waals surface area contributed by atoms with Crippen molar-refractivity contribution < 1.29 is 9.53 Å². The number of hydrogen-bond donors (Lipinski definition) is 1. The predicted octanol–water partition coefficient (Wildman–Crippen LogP) is 2.87. The molecule has 0 saturated heterocycles. The first kappa shape index (κ1) is 15.4. The molecular formula is C15H24N2O2S. The van der Waals surface area contributed by atoms with Gasteiger partial charge in [-0.05, 0) is 12.8 Å². The molecule has 0 aliphatic heterocycles. The maximum Gasteiger partial charge on any atom is 0.228 e. The summed E-state index contributed by atoms with van der Waals surface area (Å²) in [4.78, 5) is 16.9. The van der Waals surface area contributed by atoms with Crippen molar-refractivity contribution in [1.82, 2.24) is 10.3 Å². The Hall–Kier alpha value is -0.940. The number of methoxy groups -OCH3 is 1. The summed E-state index contributed by atoms with van der Waals surface area (Å²) in [5.41, 5.74) is 0.852. The highest BCUT2D eigenvalue weighted by atomic mass is 32.1. The van der Waals surface area contributed by atoms with Gasteiger partial charge in [0.25, 0.3) is 0 Å². The normalized spacial score (nSPS) is 17.6. The molecule has 0 unspecified atom stereocenters. The fraction of sp³-hybridized carbons (Fsp3) is 0.733. The average Bonchev–Trinajstić information content (AvgIpc) is 2.79. The van der Waals surface area contributed by atoms with Crippen molar-refractivity contribution in [1.29, 1.82) is 0 Å². The smallest absolute Gasteiger partial charge is 0.228 e. The van der Waals surface area contributed by atoms with Crippen molar-refractivity contribution in [3.63, 3.8) is 0 Å². The van der Waals surface area contributed by atoms with Gasteiger partial charge in [-0.1, -0.05) is 27.2 Å². The van der Waals surface area contributed by atoms with Crippen LogP contribution < -0.4 is 5.32 Å². The lowest BCUT2D eigenvalue weighted by Gasteiger charge is -2.39. The van der Waals surface area contributed by atoms with Crippen LogP contribution in [0.5, 0.6) is 0 Å². The van der Waals surface area contributed by atoms with Crippen LogP contribution in [0.3, 0.4) is 0 Å². The van der Waals surface area contributed by atoms with Gasteiger partial charge in [0, 0.05) is 17.9 Å². The predicted molar refractivity (Wildman–Crippen MR) is 80.8 cm³/mol. The van der Waals surface area contributed by atoms with E-state index in [1.165, 1.54) is 0 Å². The number of nitrogens with one attached hydrogen (secondary N) is 1. The van der Waals surface area contributed by atoms with Gasteiger partial charge in [0.15, 0.2) is 0 Å². The fourth-order valence-electron chi connectivity index (χ4n) is 2.40. The third-order valence-corrected chi connectivity index (χ3v) is 4.78. The molecule has 1 amide bonds. The summed E-state index contributed by atoms with van der Waals surface area (Å²) in [6, 6.07) is 0. The fourth-order valence-corrected chi connectivity index (χ4v) is 3.36. The van der Waals surface area contributed by atoms with Crippen molar-refractivity contribution in [2.24, 2.45) is 5.41 Å². The van der Waals surface area contributed by atoms with Crippen LogP contribution in [0.25, 0.3) is 0 Å². The van der Waals surface area contributed by atoms with Crippen molar-refractivity contribution in [3.8, 4) is 0 Å². The Kier molecular flexibility index (Phi) is 4.49. The van der Waals surface area contributed by atoms with Crippen LogP contribution in [0.15, 0.2) is 5.38 Å². The third kappa shape index (κ3) is 3.20. The van der Waals surface area contributed by atoms with E-state index in [1.807, 2.05) is 0 Å². The molecule has 0 bridgehead atoms. The molecule has 5 heteroatoms. The second-order valence-corrected chi connectivity index (χ2v) is 7.57. The molecule has 1 N–H and O–H groups in total. The highest BCUT2D eigenvalue weighted by Gasteiger charge is 2.44. The van der Waals surface area contributed by atoms with E-state index in [9.17, 15) is 4.79 Å². The first-order valence-electron chi connectivity index (χ1n) is 7.09. The summed E-state index contributed by atoms with van der Waals surface area (Å²) < 4.78 is 5.20. The molecule has 1 aromatic rings. The van der Waals surface area contributed by atoms with Gasteiger partial charge in [-0.25, -0.2) is 4.98 Å². The van der Waals surface area contributed by atoms with Gasteiger partial charge >= 0.3 is 0 Å². The Labute approximate surface area is 124 Å². The number of aromatic nitrogens is 1. The van der Waals surface area contributed by atoms with E-state index in [0.717, 1.165) is 30.0 Å². The molecule has 4 nitrogen and oxygen atoms in total. The van der Waals surface area contributed by atoms with Crippen LogP contribution >= 0.6 is 11.3 Å². The molecule has 112 valence electrons. The van der Waals surface area contributed by atoms with E-state index in [4.69, 9.17) is 4.74 Å². The zero-order chi connectivity index (χ0) is 14.8. The van der Waals surface area contributed by atoms with Crippen molar-refractivity contribution in [3.05, 3.63) is 16.1 Å². The largest absolute Gasteiger partial charge is 0.384 e. The molecular weight excluding hydrogens is 272 g/mol. The van der Waals surface area contributed by atoms with Crippen LogP contribution in [0.2, 0.25) is 0 Å². The van der Waals surface area contributed by atoms with Crippen LogP contribution in [0, 0.1) is 5.41 Å². The lowest BCUT2D eigenvalue weighted by molar-refractivity contribution is -0.140. The molecule has 0 spiro atoms. The minimum atomic E-state index is -0.293. The van der Waals surface area contributed by atoms with E-state index < -0.39 is 0 Å². The first-order chi connectivity index (χ1) is 9.37. The number of hydrogen-bond acceptors (Lipinski definition) is 4. The summed E-state index contributed by atoms with van der Waals surface area (Å²) in [5.74, 6) is 0.109. The van der Waals surface area contributed by atoms with E-state index in [1.54, 1.807) is 18.4 Å². The molecule has 20 heavy (non-hydrogen) atoms. The average molecular weight is 296 g/mol. The number of nitrogens with zero attached hydrogens (tertiary/aromatic N) is 1. The van der Waals surface area contributed by atoms with Gasteiger partial charge in [-0.3, -0.25) is 4.79 Å². The first-order valence-corrected chi connectivity index (χ1v) is 7.97. The molecule has 1 heterocycles. The van der Waals surface area contributed by atoms with E-state index in [-0.39, 0.29) is 16.7 Å². The molecule has 1 aromatic heterocycles. The quantitative estimate of drug-likeness (QED) is 0.909.